The van der Waals surface area contributed by atoms with E-state index in [1.54, 1.807) is 0 Å². The van der Waals surface area contributed by atoms with Crippen LogP contribution in [0.1, 0.15) is 17.2 Å². The van der Waals surface area contributed by atoms with Crippen LogP contribution in [0.3, 0.4) is 0 Å². The van der Waals surface area contributed by atoms with Crippen LogP contribution in [0.25, 0.3) is 16.8 Å². The van der Waals surface area contributed by atoms with Gasteiger partial charge in [-0.3, -0.25) is 0 Å². The average molecular weight is 247 g/mol. The Bertz CT molecular complexity index is 703. The van der Waals surface area contributed by atoms with E-state index in [0.717, 1.165) is 11.3 Å². The fourth-order valence-electron chi connectivity index (χ4n) is 2.92. The minimum Gasteiger partial charge on any atom is -0.238 e. The van der Waals surface area contributed by atoms with E-state index in [4.69, 9.17) is 0 Å². The molecule has 0 spiro atoms. The van der Waals surface area contributed by atoms with Crippen LogP contribution >= 0.6 is 0 Å². The molecule has 2 aliphatic heterocycles. The Morgan fingerprint density at radius 3 is 2.47 bits per heavy atom. The highest BCUT2D eigenvalue weighted by Gasteiger charge is 2.32. The maximum Gasteiger partial charge on any atom is 0.101 e. The van der Waals surface area contributed by atoms with Crippen LogP contribution in [-0.4, -0.2) is 11.6 Å². The molecule has 1 unspecified atom stereocenters. The second-order valence-corrected chi connectivity index (χ2v) is 4.85. The molecule has 4 rings (SSSR count). The molecule has 3 nitrogen and oxygen atoms in total. The monoisotopic (exact) mass is 247 g/mol. The van der Waals surface area contributed by atoms with E-state index in [1.165, 1.54) is 16.7 Å². The van der Waals surface area contributed by atoms with Crippen molar-refractivity contribution in [3.63, 3.8) is 0 Å². The maximum absolute atomic E-state index is 4.26. The number of nitrogens with zero attached hydrogens (tertiary/aromatic N) is 3. The van der Waals surface area contributed by atoms with Gasteiger partial charge in [-0.1, -0.05) is 60.3 Å². The minimum absolute atomic E-state index is 0.177. The molecule has 0 aliphatic carbocycles. The maximum atomic E-state index is 4.26. The molecule has 0 aromatic heterocycles. The fraction of sp³-hybridized carbons (Fsp3) is 0.125. The smallest absolute Gasteiger partial charge is 0.101 e. The van der Waals surface area contributed by atoms with E-state index in [0.29, 0.717) is 6.54 Å². The zero-order valence-corrected chi connectivity index (χ0v) is 10.5. The molecule has 0 saturated carbocycles. The summed E-state index contributed by atoms with van der Waals surface area (Å²) in [6, 6.07) is 17.0. The third kappa shape index (κ3) is 1.38. The molecule has 3 heteroatoms. The second kappa shape index (κ2) is 3.79. The molecule has 0 saturated heterocycles. The van der Waals surface area contributed by atoms with Crippen LogP contribution in [0.4, 0.5) is 0 Å². The topological polar surface area (TPSA) is 28.0 Å². The summed E-state index contributed by atoms with van der Waals surface area (Å²) in [6.07, 6.45) is 0. The number of benzene rings is 2. The molecule has 2 heterocycles. The van der Waals surface area contributed by atoms with Crippen molar-refractivity contribution >= 4 is 5.70 Å². The van der Waals surface area contributed by atoms with E-state index in [1.807, 2.05) is 11.1 Å². The quantitative estimate of drug-likeness (QED) is 0.689. The van der Waals surface area contributed by atoms with Gasteiger partial charge in [-0.05, 0) is 16.7 Å². The standard InChI is InChI=1S/C16H13N3/c1-11-12-6-2-3-7-13(12)14-8-4-5-9-15(14)16-10-17-18-19(11)16/h2-9,16H,1,10H2. The van der Waals surface area contributed by atoms with Crippen molar-refractivity contribution in [1.82, 2.24) is 5.01 Å². The summed E-state index contributed by atoms with van der Waals surface area (Å²) in [5.74, 6) is 0. The molecule has 0 bridgehead atoms. The van der Waals surface area contributed by atoms with Gasteiger partial charge in [0.15, 0.2) is 0 Å². The lowest BCUT2D eigenvalue weighted by Crippen LogP contribution is -2.18. The predicted molar refractivity (Wildman–Crippen MR) is 75.2 cm³/mol. The highest BCUT2D eigenvalue weighted by Crippen LogP contribution is 2.44. The number of hydrogen-bond donors (Lipinski definition) is 0. The summed E-state index contributed by atoms with van der Waals surface area (Å²) in [7, 11) is 0. The van der Waals surface area contributed by atoms with Crippen LogP contribution in [0.15, 0.2) is 65.4 Å². The van der Waals surface area contributed by atoms with Gasteiger partial charge in [0.2, 0.25) is 0 Å². The Morgan fingerprint density at radius 1 is 0.947 bits per heavy atom. The van der Waals surface area contributed by atoms with Crippen molar-refractivity contribution in [2.45, 2.75) is 6.04 Å². The van der Waals surface area contributed by atoms with Gasteiger partial charge >= 0.3 is 0 Å². The van der Waals surface area contributed by atoms with Gasteiger partial charge in [-0.25, -0.2) is 5.01 Å². The molecule has 2 aromatic rings. The molecule has 2 aromatic carbocycles. The summed E-state index contributed by atoms with van der Waals surface area (Å²) < 4.78 is 0. The summed E-state index contributed by atoms with van der Waals surface area (Å²) in [5, 5.41) is 10.4. The van der Waals surface area contributed by atoms with Gasteiger partial charge < -0.3 is 0 Å². The van der Waals surface area contributed by atoms with E-state index in [9.17, 15) is 0 Å². The summed E-state index contributed by atoms with van der Waals surface area (Å²) in [4.78, 5) is 0. The molecule has 1 atom stereocenters. The second-order valence-electron chi connectivity index (χ2n) is 4.85. The third-order valence-electron chi connectivity index (χ3n) is 3.83. The first-order valence-corrected chi connectivity index (χ1v) is 6.40. The van der Waals surface area contributed by atoms with Gasteiger partial charge in [0.1, 0.15) is 6.04 Å². The van der Waals surface area contributed by atoms with Crippen LogP contribution in [0.5, 0.6) is 0 Å². The largest absolute Gasteiger partial charge is 0.238 e. The zero-order chi connectivity index (χ0) is 12.8. The van der Waals surface area contributed by atoms with Gasteiger partial charge in [0.25, 0.3) is 0 Å². The Labute approximate surface area is 111 Å². The first-order valence-electron chi connectivity index (χ1n) is 6.40. The first kappa shape index (κ1) is 10.5. The van der Waals surface area contributed by atoms with Crippen LogP contribution in [0, 0.1) is 0 Å². The molecule has 92 valence electrons. The van der Waals surface area contributed by atoms with Crippen molar-refractivity contribution in [3.05, 3.63) is 66.2 Å². The van der Waals surface area contributed by atoms with Gasteiger partial charge in [-0.15, -0.1) is 0 Å². The van der Waals surface area contributed by atoms with Crippen molar-refractivity contribution in [1.29, 1.82) is 0 Å². The number of rotatable bonds is 0. The zero-order valence-electron chi connectivity index (χ0n) is 10.5. The first-order chi connectivity index (χ1) is 9.36. The Hall–Kier alpha value is -2.42. The van der Waals surface area contributed by atoms with E-state index in [2.05, 4.69) is 59.4 Å². The highest BCUT2D eigenvalue weighted by atomic mass is 15.6. The normalized spacial score (nSPS) is 19.7. The minimum atomic E-state index is 0.177. The lowest BCUT2D eigenvalue weighted by molar-refractivity contribution is 0.364. The average Bonchev–Trinajstić information content (AvgIpc) is 2.92. The van der Waals surface area contributed by atoms with Crippen molar-refractivity contribution in [3.8, 4) is 11.1 Å². The summed E-state index contributed by atoms with van der Waals surface area (Å²) in [5.41, 5.74) is 5.83. The summed E-state index contributed by atoms with van der Waals surface area (Å²) in [6.45, 7) is 4.91. The lowest BCUT2D eigenvalue weighted by atomic mass is 9.94. The third-order valence-corrected chi connectivity index (χ3v) is 3.83. The van der Waals surface area contributed by atoms with Gasteiger partial charge in [0, 0.05) is 5.56 Å². The van der Waals surface area contributed by atoms with Gasteiger partial charge in [0.05, 0.1) is 12.2 Å². The molecule has 0 N–H and O–H groups in total. The fourth-order valence-corrected chi connectivity index (χ4v) is 2.92. The molecule has 19 heavy (non-hydrogen) atoms. The van der Waals surface area contributed by atoms with Crippen molar-refractivity contribution < 1.29 is 0 Å². The molecule has 0 radical (unpaired) electrons. The SMILES string of the molecule is C=C1c2ccccc2-c2ccccc2C2CN=NN12. The molecular weight excluding hydrogens is 234 g/mol. The molecule has 0 fully saturated rings. The Balaban J connectivity index is 2.07. The Kier molecular flexibility index (Phi) is 2.09. The van der Waals surface area contributed by atoms with E-state index < -0.39 is 0 Å². The molecular formula is C16H13N3. The van der Waals surface area contributed by atoms with Crippen LogP contribution in [0.2, 0.25) is 0 Å². The van der Waals surface area contributed by atoms with Crippen LogP contribution < -0.4 is 0 Å². The Morgan fingerprint density at radius 2 is 1.63 bits per heavy atom. The number of hydrogen-bond acceptors (Lipinski definition) is 3. The lowest BCUT2D eigenvalue weighted by Gasteiger charge is -2.21. The molecule has 2 aliphatic rings. The highest BCUT2D eigenvalue weighted by molar-refractivity contribution is 5.83. The molecule has 0 amide bonds. The predicted octanol–water partition coefficient (Wildman–Crippen LogP) is 4.06. The van der Waals surface area contributed by atoms with E-state index in [-0.39, 0.29) is 6.04 Å². The van der Waals surface area contributed by atoms with Crippen LogP contribution in [-0.2, 0) is 0 Å². The van der Waals surface area contributed by atoms with Gasteiger partial charge in [-0.2, -0.15) is 5.11 Å². The van der Waals surface area contributed by atoms with E-state index >= 15 is 0 Å². The number of fused-ring (bicyclic) bond motifs is 5. The van der Waals surface area contributed by atoms with Crippen molar-refractivity contribution in [2.75, 3.05) is 6.54 Å². The summed E-state index contributed by atoms with van der Waals surface area (Å²) >= 11 is 0. The van der Waals surface area contributed by atoms with Crippen molar-refractivity contribution in [2.24, 2.45) is 10.3 Å².